The van der Waals surface area contributed by atoms with Crippen LogP contribution >= 0.6 is 0 Å². The molecule has 1 aromatic heterocycles. The molecule has 6 nitrogen and oxygen atoms in total. The second-order valence-corrected chi connectivity index (χ2v) is 7.84. The standard InChI is InChI=1S/C19H30N6/c1-16(2)8-9-22-14-24-18-7-5-4-6-17(18)20-19(24)25(15-22)23-12-10-21(3)11-13-23/h4-7,16H,8-15H2,1-3H3. The first kappa shape index (κ1) is 16.8. The molecular formula is C19H30N6. The fourth-order valence-corrected chi connectivity index (χ4v) is 3.73. The first-order valence-electron chi connectivity index (χ1n) is 9.50. The van der Waals surface area contributed by atoms with Crippen molar-refractivity contribution in [2.45, 2.75) is 26.9 Å². The third-order valence-electron chi connectivity index (χ3n) is 5.38. The van der Waals surface area contributed by atoms with Crippen LogP contribution in [-0.4, -0.2) is 70.8 Å². The summed E-state index contributed by atoms with van der Waals surface area (Å²) in [4.78, 5) is 9.92. The number of rotatable bonds is 4. The Labute approximate surface area is 150 Å². The van der Waals surface area contributed by atoms with Crippen molar-refractivity contribution >= 4 is 17.0 Å². The van der Waals surface area contributed by atoms with E-state index in [0.29, 0.717) is 0 Å². The molecule has 0 bridgehead atoms. The lowest BCUT2D eigenvalue weighted by atomic mass is 10.1. The molecule has 0 atom stereocenters. The Bertz CT molecular complexity index is 716. The maximum absolute atomic E-state index is 4.97. The summed E-state index contributed by atoms with van der Waals surface area (Å²) in [5.74, 6) is 1.84. The number of nitrogens with zero attached hydrogens (tertiary/aromatic N) is 6. The number of imidazole rings is 1. The Morgan fingerprint density at radius 1 is 1.04 bits per heavy atom. The minimum absolute atomic E-state index is 0.734. The summed E-state index contributed by atoms with van der Waals surface area (Å²) in [6.45, 7) is 12.0. The number of hydrogen-bond acceptors (Lipinski definition) is 5. The number of anilines is 1. The van der Waals surface area contributed by atoms with Crippen LogP contribution < -0.4 is 5.01 Å². The third kappa shape index (κ3) is 3.38. The predicted octanol–water partition coefficient (Wildman–Crippen LogP) is 2.28. The summed E-state index contributed by atoms with van der Waals surface area (Å²) < 4.78 is 2.39. The molecule has 0 amide bonds. The highest BCUT2D eigenvalue weighted by atomic mass is 15.7. The first-order chi connectivity index (χ1) is 12.1. The molecule has 3 heterocycles. The van der Waals surface area contributed by atoms with E-state index in [1.54, 1.807) is 0 Å². The van der Waals surface area contributed by atoms with Gasteiger partial charge in [-0.3, -0.25) is 14.5 Å². The van der Waals surface area contributed by atoms with Crippen molar-refractivity contribution in [1.82, 2.24) is 24.4 Å². The molecule has 1 aromatic carbocycles. The lowest BCUT2D eigenvalue weighted by Crippen LogP contribution is -2.58. The maximum atomic E-state index is 4.97. The molecule has 25 heavy (non-hydrogen) atoms. The van der Waals surface area contributed by atoms with Gasteiger partial charge in [-0.2, -0.15) is 0 Å². The average molecular weight is 342 g/mol. The maximum Gasteiger partial charge on any atom is 0.223 e. The van der Waals surface area contributed by atoms with Crippen molar-refractivity contribution in [2.24, 2.45) is 5.92 Å². The van der Waals surface area contributed by atoms with Gasteiger partial charge in [0.1, 0.15) is 0 Å². The molecule has 0 aliphatic carbocycles. The summed E-state index contributed by atoms with van der Waals surface area (Å²) in [5.41, 5.74) is 2.34. The summed E-state index contributed by atoms with van der Waals surface area (Å²) >= 11 is 0. The van der Waals surface area contributed by atoms with E-state index < -0.39 is 0 Å². The Morgan fingerprint density at radius 3 is 2.56 bits per heavy atom. The van der Waals surface area contributed by atoms with Crippen LogP contribution in [0.15, 0.2) is 24.3 Å². The molecule has 0 spiro atoms. The molecule has 1 fully saturated rings. The highest BCUT2D eigenvalue weighted by molar-refractivity contribution is 5.78. The molecule has 2 aliphatic rings. The Kier molecular flexibility index (Phi) is 4.67. The fourth-order valence-electron chi connectivity index (χ4n) is 3.73. The smallest absolute Gasteiger partial charge is 0.223 e. The van der Waals surface area contributed by atoms with E-state index in [9.17, 15) is 0 Å². The lowest BCUT2D eigenvalue weighted by molar-refractivity contribution is 0.0874. The number of likely N-dealkylation sites (N-methyl/N-ethyl adjacent to an activating group) is 1. The fraction of sp³-hybridized carbons (Fsp3) is 0.632. The van der Waals surface area contributed by atoms with Gasteiger partial charge < -0.3 is 4.90 Å². The van der Waals surface area contributed by atoms with E-state index in [-0.39, 0.29) is 0 Å². The Hall–Kier alpha value is -1.63. The molecule has 1 saturated heterocycles. The van der Waals surface area contributed by atoms with Gasteiger partial charge >= 0.3 is 0 Å². The van der Waals surface area contributed by atoms with Crippen LogP contribution in [0.5, 0.6) is 0 Å². The van der Waals surface area contributed by atoms with Crippen LogP contribution in [0, 0.1) is 5.92 Å². The molecule has 0 N–H and O–H groups in total. The van der Waals surface area contributed by atoms with Crippen molar-refractivity contribution in [1.29, 1.82) is 0 Å². The zero-order valence-electron chi connectivity index (χ0n) is 15.7. The van der Waals surface area contributed by atoms with E-state index >= 15 is 0 Å². The van der Waals surface area contributed by atoms with Crippen LogP contribution in [0.3, 0.4) is 0 Å². The largest absolute Gasteiger partial charge is 0.304 e. The molecule has 136 valence electrons. The van der Waals surface area contributed by atoms with Crippen LogP contribution in [0.4, 0.5) is 5.95 Å². The van der Waals surface area contributed by atoms with E-state index in [2.05, 4.69) is 69.5 Å². The molecular weight excluding hydrogens is 312 g/mol. The van der Waals surface area contributed by atoms with E-state index in [4.69, 9.17) is 4.98 Å². The lowest BCUT2D eigenvalue weighted by Gasteiger charge is -2.45. The summed E-state index contributed by atoms with van der Waals surface area (Å²) in [6.07, 6.45) is 1.23. The number of hydrazine groups is 1. The van der Waals surface area contributed by atoms with Gasteiger partial charge in [0.25, 0.3) is 0 Å². The Balaban J connectivity index is 1.65. The minimum atomic E-state index is 0.734. The highest BCUT2D eigenvalue weighted by Gasteiger charge is 2.31. The Morgan fingerprint density at radius 2 is 1.80 bits per heavy atom. The zero-order valence-corrected chi connectivity index (χ0v) is 15.7. The number of aromatic nitrogens is 2. The van der Waals surface area contributed by atoms with Crippen LogP contribution in [-0.2, 0) is 6.67 Å². The number of fused-ring (bicyclic) bond motifs is 3. The molecule has 6 heteroatoms. The topological polar surface area (TPSA) is 30.8 Å². The monoisotopic (exact) mass is 342 g/mol. The van der Waals surface area contributed by atoms with Crippen molar-refractivity contribution < 1.29 is 0 Å². The third-order valence-corrected chi connectivity index (χ3v) is 5.38. The van der Waals surface area contributed by atoms with Gasteiger partial charge in [0, 0.05) is 32.7 Å². The highest BCUT2D eigenvalue weighted by Crippen LogP contribution is 2.28. The zero-order chi connectivity index (χ0) is 17.4. The predicted molar refractivity (Wildman–Crippen MR) is 102 cm³/mol. The molecule has 2 aliphatic heterocycles. The van der Waals surface area contributed by atoms with Gasteiger partial charge in [0.2, 0.25) is 5.95 Å². The number of benzene rings is 1. The molecule has 0 saturated carbocycles. The van der Waals surface area contributed by atoms with Crippen molar-refractivity contribution in [3.63, 3.8) is 0 Å². The van der Waals surface area contributed by atoms with Crippen LogP contribution in [0.2, 0.25) is 0 Å². The van der Waals surface area contributed by atoms with E-state index in [1.807, 2.05) is 0 Å². The molecule has 4 rings (SSSR count). The first-order valence-corrected chi connectivity index (χ1v) is 9.50. The quantitative estimate of drug-likeness (QED) is 0.851. The summed E-state index contributed by atoms with van der Waals surface area (Å²) in [6, 6.07) is 8.52. The van der Waals surface area contributed by atoms with Gasteiger partial charge in [-0.15, -0.1) is 0 Å². The van der Waals surface area contributed by atoms with Gasteiger partial charge in [0.05, 0.1) is 24.4 Å². The van der Waals surface area contributed by atoms with Gasteiger partial charge in [-0.05, 0) is 31.5 Å². The molecule has 0 radical (unpaired) electrons. The SMILES string of the molecule is CC(C)CCN1CN(N2CCN(C)CC2)c2nc3ccccc3n2C1. The summed E-state index contributed by atoms with van der Waals surface area (Å²) in [5, 5.41) is 4.90. The van der Waals surface area contributed by atoms with E-state index in [0.717, 1.165) is 63.4 Å². The summed E-state index contributed by atoms with van der Waals surface area (Å²) in [7, 11) is 2.21. The minimum Gasteiger partial charge on any atom is -0.304 e. The van der Waals surface area contributed by atoms with Crippen LogP contribution in [0.1, 0.15) is 20.3 Å². The normalized spacial score (nSPS) is 20.6. The second-order valence-electron chi connectivity index (χ2n) is 7.84. The molecule has 2 aromatic rings. The van der Waals surface area contributed by atoms with Crippen molar-refractivity contribution in [2.75, 3.05) is 51.4 Å². The number of para-hydroxylation sites is 2. The number of hydrogen-bond donors (Lipinski definition) is 0. The molecule has 0 unspecified atom stereocenters. The van der Waals surface area contributed by atoms with E-state index in [1.165, 1.54) is 11.9 Å². The van der Waals surface area contributed by atoms with Crippen molar-refractivity contribution in [3.8, 4) is 0 Å². The van der Waals surface area contributed by atoms with Gasteiger partial charge in [-0.25, -0.2) is 9.99 Å². The number of piperazine rings is 1. The average Bonchev–Trinajstić information content (AvgIpc) is 2.99. The van der Waals surface area contributed by atoms with Gasteiger partial charge in [0.15, 0.2) is 0 Å². The van der Waals surface area contributed by atoms with Crippen LogP contribution in [0.25, 0.3) is 11.0 Å². The van der Waals surface area contributed by atoms with Gasteiger partial charge in [-0.1, -0.05) is 26.0 Å². The van der Waals surface area contributed by atoms with Crippen molar-refractivity contribution in [3.05, 3.63) is 24.3 Å². The second kappa shape index (κ2) is 6.94.